The molecule has 1 heterocycles. The highest BCUT2D eigenvalue weighted by Gasteiger charge is 2.26. The summed E-state index contributed by atoms with van der Waals surface area (Å²) in [7, 11) is 0. The lowest BCUT2D eigenvalue weighted by Gasteiger charge is -2.29. The Balaban J connectivity index is 2.81. The first-order valence-electron chi connectivity index (χ1n) is 5.16. The first-order chi connectivity index (χ1) is 5.95. The molecule has 2 nitrogen and oxygen atoms in total. The zero-order chi connectivity index (χ0) is 10.2. The fourth-order valence-electron chi connectivity index (χ4n) is 1.89. The van der Waals surface area contributed by atoms with Gasteiger partial charge in [-0.05, 0) is 41.5 Å². The van der Waals surface area contributed by atoms with Crippen molar-refractivity contribution in [2.45, 2.75) is 53.6 Å². The smallest absolute Gasteiger partial charge is 0.0903 e. The van der Waals surface area contributed by atoms with Gasteiger partial charge in [0, 0.05) is 23.5 Å². The van der Waals surface area contributed by atoms with Gasteiger partial charge < -0.3 is 9.80 Å². The van der Waals surface area contributed by atoms with Crippen molar-refractivity contribution in [2.24, 2.45) is 0 Å². The van der Waals surface area contributed by atoms with Crippen molar-refractivity contribution >= 4 is 0 Å². The van der Waals surface area contributed by atoms with Gasteiger partial charge in [0.05, 0.1) is 6.67 Å². The lowest BCUT2D eigenvalue weighted by Crippen LogP contribution is -2.35. The van der Waals surface area contributed by atoms with Gasteiger partial charge in [0.1, 0.15) is 0 Å². The second kappa shape index (κ2) is 3.60. The third kappa shape index (κ3) is 1.82. The van der Waals surface area contributed by atoms with Crippen molar-refractivity contribution in [1.82, 2.24) is 9.80 Å². The van der Waals surface area contributed by atoms with Gasteiger partial charge in [0.15, 0.2) is 0 Å². The summed E-state index contributed by atoms with van der Waals surface area (Å²) in [5.74, 6) is 0. The van der Waals surface area contributed by atoms with Crippen LogP contribution < -0.4 is 0 Å². The van der Waals surface area contributed by atoms with E-state index in [-0.39, 0.29) is 0 Å². The Kier molecular flexibility index (Phi) is 2.89. The van der Waals surface area contributed by atoms with Crippen molar-refractivity contribution in [3.63, 3.8) is 0 Å². The highest BCUT2D eigenvalue weighted by atomic mass is 15.4. The molecule has 0 N–H and O–H groups in total. The highest BCUT2D eigenvalue weighted by Crippen LogP contribution is 2.26. The molecule has 0 fully saturated rings. The quantitative estimate of drug-likeness (QED) is 0.647. The normalized spacial score (nSPS) is 18.5. The summed E-state index contributed by atoms with van der Waals surface area (Å²) in [5.41, 5.74) is 2.87. The van der Waals surface area contributed by atoms with Gasteiger partial charge in [-0.15, -0.1) is 0 Å². The zero-order valence-corrected chi connectivity index (χ0v) is 9.76. The van der Waals surface area contributed by atoms with Crippen LogP contribution in [0.1, 0.15) is 41.5 Å². The van der Waals surface area contributed by atoms with Crippen molar-refractivity contribution < 1.29 is 0 Å². The molecular formula is C11H22N2. The number of rotatable bonds is 2. The van der Waals surface area contributed by atoms with Crippen LogP contribution in [0.25, 0.3) is 0 Å². The minimum atomic E-state index is 0.610. The monoisotopic (exact) mass is 182 g/mol. The molecule has 0 radical (unpaired) electrons. The molecule has 0 aliphatic carbocycles. The van der Waals surface area contributed by atoms with Crippen LogP contribution in [-0.4, -0.2) is 28.6 Å². The van der Waals surface area contributed by atoms with E-state index >= 15 is 0 Å². The molecule has 1 aliphatic rings. The Morgan fingerprint density at radius 1 is 0.846 bits per heavy atom. The number of nitrogens with zero attached hydrogens (tertiary/aromatic N) is 2. The largest absolute Gasteiger partial charge is 0.354 e. The maximum atomic E-state index is 2.45. The lowest BCUT2D eigenvalue weighted by molar-refractivity contribution is 0.188. The van der Waals surface area contributed by atoms with E-state index in [2.05, 4.69) is 51.3 Å². The fraction of sp³-hybridized carbons (Fsp3) is 0.818. The Morgan fingerprint density at radius 3 is 1.31 bits per heavy atom. The van der Waals surface area contributed by atoms with E-state index in [0.29, 0.717) is 12.1 Å². The van der Waals surface area contributed by atoms with Gasteiger partial charge in [-0.2, -0.15) is 0 Å². The van der Waals surface area contributed by atoms with E-state index < -0.39 is 0 Å². The zero-order valence-electron chi connectivity index (χ0n) is 9.76. The molecule has 1 rings (SSSR count). The SMILES string of the molecule is CC1=C(C)N(C(C)C)CN1C(C)C. The predicted molar refractivity (Wildman–Crippen MR) is 57.2 cm³/mol. The summed E-state index contributed by atoms with van der Waals surface area (Å²) in [4.78, 5) is 4.91. The van der Waals surface area contributed by atoms with E-state index in [4.69, 9.17) is 0 Å². The Bertz CT molecular complexity index is 194. The Labute approximate surface area is 82.2 Å². The summed E-state index contributed by atoms with van der Waals surface area (Å²) < 4.78 is 0. The van der Waals surface area contributed by atoms with Gasteiger partial charge in [0.2, 0.25) is 0 Å². The molecule has 0 saturated carbocycles. The number of allylic oxidation sites excluding steroid dienone is 2. The Hall–Kier alpha value is -0.660. The van der Waals surface area contributed by atoms with Crippen molar-refractivity contribution in [2.75, 3.05) is 6.67 Å². The molecule has 1 aliphatic heterocycles. The predicted octanol–water partition coefficient (Wildman–Crippen LogP) is 2.63. The molecule has 0 atom stereocenters. The molecule has 0 bridgehead atoms. The van der Waals surface area contributed by atoms with Crippen molar-refractivity contribution in [3.05, 3.63) is 11.4 Å². The van der Waals surface area contributed by atoms with Crippen LogP contribution >= 0.6 is 0 Å². The summed E-state index contributed by atoms with van der Waals surface area (Å²) >= 11 is 0. The van der Waals surface area contributed by atoms with Crippen molar-refractivity contribution in [1.29, 1.82) is 0 Å². The van der Waals surface area contributed by atoms with E-state index in [1.807, 2.05) is 0 Å². The maximum Gasteiger partial charge on any atom is 0.0903 e. The minimum Gasteiger partial charge on any atom is -0.354 e. The van der Waals surface area contributed by atoms with E-state index in [9.17, 15) is 0 Å². The van der Waals surface area contributed by atoms with E-state index in [0.717, 1.165) is 6.67 Å². The van der Waals surface area contributed by atoms with Gasteiger partial charge in [-0.3, -0.25) is 0 Å². The maximum absolute atomic E-state index is 2.45. The van der Waals surface area contributed by atoms with Gasteiger partial charge in [-0.25, -0.2) is 0 Å². The van der Waals surface area contributed by atoms with E-state index in [1.165, 1.54) is 11.4 Å². The second-order valence-corrected chi connectivity index (χ2v) is 4.44. The summed E-state index contributed by atoms with van der Waals surface area (Å²) in [6, 6.07) is 1.22. The average molecular weight is 182 g/mol. The molecule has 0 saturated heterocycles. The topological polar surface area (TPSA) is 6.48 Å². The lowest BCUT2D eigenvalue weighted by atomic mass is 10.3. The third-order valence-corrected chi connectivity index (χ3v) is 2.94. The molecule has 76 valence electrons. The van der Waals surface area contributed by atoms with Gasteiger partial charge in [-0.1, -0.05) is 0 Å². The first kappa shape index (κ1) is 10.4. The Morgan fingerprint density at radius 2 is 1.15 bits per heavy atom. The van der Waals surface area contributed by atoms with E-state index in [1.54, 1.807) is 0 Å². The molecule has 0 amide bonds. The van der Waals surface area contributed by atoms with Crippen LogP contribution in [0.3, 0.4) is 0 Å². The van der Waals surface area contributed by atoms with Crippen LogP contribution in [0.5, 0.6) is 0 Å². The first-order valence-corrected chi connectivity index (χ1v) is 5.16. The number of hydrogen-bond acceptors (Lipinski definition) is 2. The van der Waals surface area contributed by atoms with Crippen LogP contribution in [0.2, 0.25) is 0 Å². The van der Waals surface area contributed by atoms with Crippen LogP contribution in [0.4, 0.5) is 0 Å². The molecule has 0 aromatic rings. The fourth-order valence-corrected chi connectivity index (χ4v) is 1.89. The number of hydrogen-bond donors (Lipinski definition) is 0. The van der Waals surface area contributed by atoms with Crippen LogP contribution in [-0.2, 0) is 0 Å². The molecular weight excluding hydrogens is 160 g/mol. The summed E-state index contributed by atoms with van der Waals surface area (Å²) in [6.45, 7) is 14.5. The molecule has 0 spiro atoms. The van der Waals surface area contributed by atoms with Crippen LogP contribution in [0.15, 0.2) is 11.4 Å². The average Bonchev–Trinajstić information content (AvgIpc) is 2.29. The second-order valence-electron chi connectivity index (χ2n) is 4.44. The summed E-state index contributed by atoms with van der Waals surface area (Å²) in [6.07, 6.45) is 0. The van der Waals surface area contributed by atoms with Crippen molar-refractivity contribution in [3.8, 4) is 0 Å². The molecule has 0 aromatic carbocycles. The van der Waals surface area contributed by atoms with Gasteiger partial charge in [0.25, 0.3) is 0 Å². The van der Waals surface area contributed by atoms with Gasteiger partial charge >= 0.3 is 0 Å². The molecule has 0 unspecified atom stereocenters. The minimum absolute atomic E-state index is 0.610. The standard InChI is InChI=1S/C11H22N2/c1-8(2)12-7-13(9(3)4)11(6)10(12)5/h8-9H,7H2,1-6H3. The molecule has 2 heteroatoms. The third-order valence-electron chi connectivity index (χ3n) is 2.94. The summed E-state index contributed by atoms with van der Waals surface area (Å²) in [5, 5.41) is 0. The highest BCUT2D eigenvalue weighted by molar-refractivity contribution is 5.14. The van der Waals surface area contributed by atoms with Crippen LogP contribution in [0, 0.1) is 0 Å². The molecule has 13 heavy (non-hydrogen) atoms. The molecule has 0 aromatic heterocycles.